The first-order valence-electron chi connectivity index (χ1n) is 7.29. The summed E-state index contributed by atoms with van der Waals surface area (Å²) in [7, 11) is 1.67. The van der Waals surface area contributed by atoms with Crippen molar-refractivity contribution >= 4 is 0 Å². The minimum Gasteiger partial charge on any atom is -0.497 e. The van der Waals surface area contributed by atoms with Gasteiger partial charge in [0.15, 0.2) is 0 Å². The molecule has 0 spiro atoms. The number of methoxy groups -OCH3 is 1. The Bertz CT molecular complexity index is 353. The molecule has 0 heterocycles. The second-order valence-corrected chi connectivity index (χ2v) is 4.68. The molecule has 0 aliphatic heterocycles. The lowest BCUT2D eigenvalue weighted by atomic mass is 10.1. The Morgan fingerprint density at radius 2 is 1.85 bits per heavy atom. The van der Waals surface area contributed by atoms with E-state index in [1.165, 1.54) is 0 Å². The van der Waals surface area contributed by atoms with E-state index in [0.717, 1.165) is 24.4 Å². The summed E-state index contributed by atoms with van der Waals surface area (Å²) in [5, 5.41) is 3.34. The average molecular weight is 281 g/mol. The minimum atomic E-state index is 0.0244. The van der Waals surface area contributed by atoms with Gasteiger partial charge in [-0.05, 0) is 38.1 Å². The van der Waals surface area contributed by atoms with Crippen LogP contribution in [0.25, 0.3) is 0 Å². The Morgan fingerprint density at radius 3 is 2.40 bits per heavy atom. The van der Waals surface area contributed by atoms with Crippen molar-refractivity contribution < 1.29 is 14.2 Å². The van der Waals surface area contributed by atoms with E-state index in [0.29, 0.717) is 13.2 Å². The van der Waals surface area contributed by atoms with Gasteiger partial charge in [-0.2, -0.15) is 0 Å². The van der Waals surface area contributed by atoms with Gasteiger partial charge in [0.2, 0.25) is 0 Å². The van der Waals surface area contributed by atoms with Crippen LogP contribution in [0.3, 0.4) is 0 Å². The molecule has 0 fully saturated rings. The maximum atomic E-state index is 6.09. The van der Waals surface area contributed by atoms with E-state index < -0.39 is 0 Å². The topological polar surface area (TPSA) is 39.7 Å². The van der Waals surface area contributed by atoms with Gasteiger partial charge in [0.1, 0.15) is 5.75 Å². The first kappa shape index (κ1) is 17.0. The molecular formula is C16H27NO3. The highest BCUT2D eigenvalue weighted by Gasteiger charge is 2.15. The van der Waals surface area contributed by atoms with E-state index in [4.69, 9.17) is 14.2 Å². The van der Waals surface area contributed by atoms with Gasteiger partial charge in [0.25, 0.3) is 0 Å². The summed E-state index contributed by atoms with van der Waals surface area (Å²) >= 11 is 0. The molecule has 0 aromatic heterocycles. The Labute approximate surface area is 122 Å². The smallest absolute Gasteiger partial charge is 0.118 e. The van der Waals surface area contributed by atoms with Crippen LogP contribution in [0.4, 0.5) is 0 Å². The molecule has 0 radical (unpaired) electrons. The van der Waals surface area contributed by atoms with Crippen LogP contribution < -0.4 is 10.1 Å². The van der Waals surface area contributed by atoms with E-state index in [1.54, 1.807) is 7.11 Å². The summed E-state index contributed by atoms with van der Waals surface area (Å²) in [6.07, 6.45) is 0.0945. The second-order valence-electron chi connectivity index (χ2n) is 4.68. The molecule has 1 aromatic rings. The number of nitrogens with one attached hydrogen (secondary N) is 1. The molecule has 0 amide bonds. The zero-order chi connectivity index (χ0) is 14.8. The van der Waals surface area contributed by atoms with Gasteiger partial charge in [-0.25, -0.2) is 0 Å². The van der Waals surface area contributed by atoms with E-state index in [9.17, 15) is 0 Å². The van der Waals surface area contributed by atoms with Gasteiger partial charge < -0.3 is 19.5 Å². The Kier molecular flexibility index (Phi) is 8.26. The van der Waals surface area contributed by atoms with E-state index in [1.807, 2.05) is 38.1 Å². The van der Waals surface area contributed by atoms with Crippen LogP contribution in [0.1, 0.15) is 32.4 Å². The normalized spacial score (nSPS) is 14.0. The van der Waals surface area contributed by atoms with Crippen molar-refractivity contribution in [2.24, 2.45) is 0 Å². The fourth-order valence-corrected chi connectivity index (χ4v) is 1.94. The zero-order valence-corrected chi connectivity index (χ0v) is 13.0. The third kappa shape index (κ3) is 5.90. The molecule has 0 bridgehead atoms. The SMILES string of the molecule is CCNCC(OC(C)COCC)c1ccc(OC)cc1. The number of hydrogen-bond acceptors (Lipinski definition) is 4. The molecule has 4 nitrogen and oxygen atoms in total. The predicted octanol–water partition coefficient (Wildman–Crippen LogP) is 2.79. The molecule has 4 heteroatoms. The van der Waals surface area contributed by atoms with Gasteiger partial charge in [0.05, 0.1) is 25.9 Å². The highest BCUT2D eigenvalue weighted by Crippen LogP contribution is 2.21. The van der Waals surface area contributed by atoms with Crippen molar-refractivity contribution in [1.82, 2.24) is 5.32 Å². The summed E-state index contributed by atoms with van der Waals surface area (Å²) in [5.74, 6) is 0.860. The van der Waals surface area contributed by atoms with E-state index in [-0.39, 0.29) is 12.2 Å². The molecular weight excluding hydrogens is 254 g/mol. The highest BCUT2D eigenvalue weighted by atomic mass is 16.5. The van der Waals surface area contributed by atoms with Gasteiger partial charge in [0, 0.05) is 13.2 Å². The van der Waals surface area contributed by atoms with Crippen LogP contribution in [0.5, 0.6) is 5.75 Å². The van der Waals surface area contributed by atoms with Crippen LogP contribution in [0, 0.1) is 0 Å². The first-order chi connectivity index (χ1) is 9.71. The maximum Gasteiger partial charge on any atom is 0.118 e. The molecule has 1 aromatic carbocycles. The van der Waals surface area contributed by atoms with Crippen molar-refractivity contribution in [2.75, 3.05) is 33.4 Å². The van der Waals surface area contributed by atoms with E-state index >= 15 is 0 Å². The standard InChI is InChI=1S/C16H27NO3/c1-5-17-11-16(20-13(3)12-19-6-2)14-7-9-15(18-4)10-8-14/h7-10,13,16-17H,5-6,11-12H2,1-4H3. The van der Waals surface area contributed by atoms with Crippen molar-refractivity contribution in [1.29, 1.82) is 0 Å². The second kappa shape index (κ2) is 9.75. The highest BCUT2D eigenvalue weighted by molar-refractivity contribution is 5.28. The van der Waals surface area contributed by atoms with Gasteiger partial charge in [-0.1, -0.05) is 19.1 Å². The number of rotatable bonds is 10. The van der Waals surface area contributed by atoms with Gasteiger partial charge >= 0.3 is 0 Å². The lowest BCUT2D eigenvalue weighted by molar-refractivity contribution is -0.0468. The average Bonchev–Trinajstić information content (AvgIpc) is 2.49. The third-order valence-electron chi connectivity index (χ3n) is 3.02. The summed E-state index contributed by atoms with van der Waals surface area (Å²) < 4.78 is 16.7. The largest absolute Gasteiger partial charge is 0.497 e. The van der Waals surface area contributed by atoms with Crippen molar-refractivity contribution in [3.63, 3.8) is 0 Å². The summed E-state index contributed by atoms with van der Waals surface area (Å²) in [5.41, 5.74) is 1.15. The maximum absolute atomic E-state index is 6.09. The molecule has 2 atom stereocenters. The monoisotopic (exact) mass is 281 g/mol. The molecule has 1 N–H and O–H groups in total. The van der Waals surface area contributed by atoms with Gasteiger partial charge in [-0.15, -0.1) is 0 Å². The van der Waals surface area contributed by atoms with E-state index in [2.05, 4.69) is 12.2 Å². The predicted molar refractivity (Wildman–Crippen MR) is 81.3 cm³/mol. The molecule has 0 aliphatic rings. The number of ether oxygens (including phenoxy) is 3. The Balaban J connectivity index is 2.66. The molecule has 0 saturated carbocycles. The minimum absolute atomic E-state index is 0.0244. The number of benzene rings is 1. The summed E-state index contributed by atoms with van der Waals surface area (Å²) in [6.45, 7) is 9.18. The van der Waals surface area contributed by atoms with Crippen LogP contribution in [-0.4, -0.2) is 39.5 Å². The number of likely N-dealkylation sites (N-methyl/N-ethyl adjacent to an activating group) is 1. The molecule has 0 saturated heterocycles. The fraction of sp³-hybridized carbons (Fsp3) is 0.625. The zero-order valence-electron chi connectivity index (χ0n) is 13.0. The lowest BCUT2D eigenvalue weighted by Gasteiger charge is -2.23. The molecule has 0 aliphatic carbocycles. The summed E-state index contributed by atoms with van der Waals surface area (Å²) in [4.78, 5) is 0. The van der Waals surface area contributed by atoms with Crippen LogP contribution in [0.2, 0.25) is 0 Å². The lowest BCUT2D eigenvalue weighted by Crippen LogP contribution is -2.27. The molecule has 1 rings (SSSR count). The Hall–Kier alpha value is -1.10. The first-order valence-corrected chi connectivity index (χ1v) is 7.29. The number of hydrogen-bond donors (Lipinski definition) is 1. The molecule has 2 unspecified atom stereocenters. The van der Waals surface area contributed by atoms with Gasteiger partial charge in [-0.3, -0.25) is 0 Å². The Morgan fingerprint density at radius 1 is 1.15 bits per heavy atom. The van der Waals surface area contributed by atoms with Crippen LogP contribution in [0.15, 0.2) is 24.3 Å². The summed E-state index contributed by atoms with van der Waals surface area (Å²) in [6, 6.07) is 8.03. The fourth-order valence-electron chi connectivity index (χ4n) is 1.94. The molecule has 114 valence electrons. The quantitative estimate of drug-likeness (QED) is 0.716. The van der Waals surface area contributed by atoms with Crippen molar-refractivity contribution in [3.05, 3.63) is 29.8 Å². The van der Waals surface area contributed by atoms with Crippen LogP contribution >= 0.6 is 0 Å². The van der Waals surface area contributed by atoms with Crippen molar-refractivity contribution in [3.8, 4) is 5.75 Å². The van der Waals surface area contributed by atoms with Crippen molar-refractivity contribution in [2.45, 2.75) is 33.0 Å². The third-order valence-corrected chi connectivity index (χ3v) is 3.02. The van der Waals surface area contributed by atoms with Crippen LogP contribution in [-0.2, 0) is 9.47 Å². The molecule has 20 heavy (non-hydrogen) atoms.